The molecule has 0 aliphatic rings. The maximum atomic E-state index is 11.1. The van der Waals surface area contributed by atoms with Crippen molar-refractivity contribution in [1.29, 1.82) is 0 Å². The minimum Gasteiger partial charge on any atom is -0.490 e. The molecule has 0 saturated carbocycles. The molecule has 3 rings (SSSR count). The third-order valence-electron chi connectivity index (χ3n) is 5.70. The smallest absolute Gasteiger partial charge is 0.268 e. The molecule has 190 valence electrons. The van der Waals surface area contributed by atoms with E-state index in [1.165, 1.54) is 10.4 Å². The fraction of sp³-hybridized carbons (Fsp3) is 0.480. The molecule has 0 unspecified atom stereocenters. The number of aliphatic hydroxyl groups is 2. The Morgan fingerprint density at radius 3 is 2.71 bits per heavy atom. The Bertz CT molecular complexity index is 1140. The number of nitrogens with zero attached hydrogens (tertiary/aromatic N) is 3. The van der Waals surface area contributed by atoms with Gasteiger partial charge in [-0.15, -0.1) is 11.3 Å². The summed E-state index contributed by atoms with van der Waals surface area (Å²) in [7, 11) is 2.10. The van der Waals surface area contributed by atoms with E-state index in [-0.39, 0.29) is 13.2 Å². The van der Waals surface area contributed by atoms with Gasteiger partial charge in [-0.05, 0) is 68.8 Å². The van der Waals surface area contributed by atoms with Crippen LogP contribution in [0.1, 0.15) is 35.4 Å². The summed E-state index contributed by atoms with van der Waals surface area (Å²) in [5, 5.41) is 25.5. The van der Waals surface area contributed by atoms with Gasteiger partial charge in [-0.25, -0.2) is 0 Å². The summed E-state index contributed by atoms with van der Waals surface area (Å²) in [4.78, 5) is 20.3. The summed E-state index contributed by atoms with van der Waals surface area (Å²) in [5.41, 5.74) is 3.88. The first-order valence-corrected chi connectivity index (χ1v) is 12.5. The fourth-order valence-electron chi connectivity index (χ4n) is 3.55. The van der Waals surface area contributed by atoms with Gasteiger partial charge in [-0.2, -0.15) is 4.98 Å². The van der Waals surface area contributed by atoms with E-state index in [2.05, 4.69) is 47.3 Å². The lowest BCUT2D eigenvalue weighted by Gasteiger charge is -2.17. The van der Waals surface area contributed by atoms with Crippen molar-refractivity contribution in [2.75, 3.05) is 33.4 Å². The number of carbonyl (C=O) groups excluding carboxylic acids is 1. The van der Waals surface area contributed by atoms with Crippen molar-refractivity contribution in [1.82, 2.24) is 20.4 Å². The van der Waals surface area contributed by atoms with Crippen LogP contribution in [0.3, 0.4) is 0 Å². The zero-order valence-electron chi connectivity index (χ0n) is 20.9. The summed E-state index contributed by atoms with van der Waals surface area (Å²) in [6, 6.07) is 6.00. The van der Waals surface area contributed by atoms with Crippen LogP contribution >= 0.6 is 11.3 Å². The van der Waals surface area contributed by atoms with E-state index in [1.54, 1.807) is 11.3 Å². The molecule has 35 heavy (non-hydrogen) atoms. The van der Waals surface area contributed by atoms with Gasteiger partial charge in [0.15, 0.2) is 0 Å². The molecule has 2 aromatic heterocycles. The highest BCUT2D eigenvalue weighted by molar-refractivity contribution is 7.15. The predicted molar refractivity (Wildman–Crippen MR) is 136 cm³/mol. The Hall–Kier alpha value is -2.79. The summed E-state index contributed by atoms with van der Waals surface area (Å²) >= 11 is 1.67. The van der Waals surface area contributed by atoms with E-state index in [0.717, 1.165) is 34.7 Å². The molecule has 0 spiro atoms. The van der Waals surface area contributed by atoms with E-state index >= 15 is 0 Å². The number of nitrogens with one attached hydrogen (secondary N) is 1. The Labute approximate surface area is 209 Å². The van der Waals surface area contributed by atoms with Crippen molar-refractivity contribution >= 4 is 17.2 Å². The first kappa shape index (κ1) is 26.8. The highest BCUT2D eigenvalue weighted by Gasteiger charge is 2.18. The minimum atomic E-state index is -0.898. The van der Waals surface area contributed by atoms with E-state index in [1.807, 2.05) is 26.0 Å². The molecule has 9 nitrogen and oxygen atoms in total. The zero-order valence-corrected chi connectivity index (χ0v) is 21.7. The van der Waals surface area contributed by atoms with Gasteiger partial charge < -0.3 is 29.7 Å². The van der Waals surface area contributed by atoms with Gasteiger partial charge in [-0.3, -0.25) is 4.79 Å². The van der Waals surface area contributed by atoms with Gasteiger partial charge >= 0.3 is 0 Å². The molecule has 3 N–H and O–H groups in total. The van der Waals surface area contributed by atoms with Crippen LogP contribution in [0, 0.1) is 13.8 Å². The van der Waals surface area contributed by atoms with E-state index in [0.29, 0.717) is 23.9 Å². The van der Waals surface area contributed by atoms with Crippen molar-refractivity contribution in [3.8, 4) is 27.9 Å². The highest BCUT2D eigenvalue weighted by Crippen LogP contribution is 2.34. The molecule has 0 bridgehead atoms. The first-order chi connectivity index (χ1) is 16.7. The summed E-state index contributed by atoms with van der Waals surface area (Å²) in [6.45, 7) is 9.45. The fourth-order valence-corrected chi connectivity index (χ4v) is 4.73. The average Bonchev–Trinajstić information content (AvgIpc) is 3.48. The maximum Gasteiger partial charge on any atom is 0.268 e. The number of thiophene rings is 1. The number of ether oxygens (including phenoxy) is 1. The molecular weight excluding hydrogens is 468 g/mol. The normalized spacial score (nSPS) is 12.2. The molecular formula is C25H34N4O5S. The first-order valence-electron chi connectivity index (χ1n) is 11.7. The van der Waals surface area contributed by atoms with Crippen molar-refractivity contribution < 1.29 is 24.3 Å². The molecule has 0 saturated heterocycles. The largest absolute Gasteiger partial charge is 0.490 e. The number of amides is 1. The number of hydrogen-bond acceptors (Lipinski definition) is 9. The van der Waals surface area contributed by atoms with E-state index < -0.39 is 18.6 Å². The monoisotopic (exact) mass is 502 g/mol. The quantitative estimate of drug-likeness (QED) is 0.346. The van der Waals surface area contributed by atoms with Crippen molar-refractivity contribution in [2.24, 2.45) is 0 Å². The second-order valence-corrected chi connectivity index (χ2v) is 9.67. The number of aryl methyl sites for hydroxylation is 3. The van der Waals surface area contributed by atoms with Crippen LogP contribution < -0.4 is 10.1 Å². The van der Waals surface area contributed by atoms with Crippen LogP contribution in [0.5, 0.6) is 5.75 Å². The molecule has 1 atom stereocenters. The molecule has 1 aromatic carbocycles. The minimum absolute atomic E-state index is 0.00224. The SMILES string of the molecule is CCc1cc(-c2noc(-c3cc(C)c(CN(C)CC)s3)n2)cc(C)c1OC[C@@H](O)CNC(=O)CO. The summed E-state index contributed by atoms with van der Waals surface area (Å²) in [5.74, 6) is 1.16. The Balaban J connectivity index is 1.75. The van der Waals surface area contributed by atoms with Crippen molar-refractivity contribution in [3.05, 3.63) is 39.8 Å². The highest BCUT2D eigenvalue weighted by atomic mass is 32.1. The molecule has 1 amide bonds. The number of aliphatic hydroxyl groups excluding tert-OH is 2. The van der Waals surface area contributed by atoms with E-state index in [4.69, 9.17) is 14.4 Å². The molecule has 10 heteroatoms. The Morgan fingerprint density at radius 2 is 2.03 bits per heavy atom. The predicted octanol–water partition coefficient (Wildman–Crippen LogP) is 2.94. The van der Waals surface area contributed by atoms with Crippen LogP contribution in [-0.2, 0) is 17.8 Å². The molecule has 0 fully saturated rings. The molecule has 0 aliphatic heterocycles. The van der Waals surface area contributed by atoms with Gasteiger partial charge in [0.2, 0.25) is 11.7 Å². The maximum absolute atomic E-state index is 11.1. The lowest BCUT2D eigenvalue weighted by molar-refractivity contribution is -0.124. The number of aromatic nitrogens is 2. The number of rotatable bonds is 12. The second-order valence-electron chi connectivity index (χ2n) is 8.53. The van der Waals surface area contributed by atoms with Gasteiger partial charge in [0, 0.05) is 23.5 Å². The van der Waals surface area contributed by atoms with Crippen LogP contribution in [0.15, 0.2) is 22.7 Å². The van der Waals surface area contributed by atoms with Crippen molar-refractivity contribution in [3.63, 3.8) is 0 Å². The Kier molecular flexibility index (Phi) is 9.39. The molecule has 3 aromatic rings. The van der Waals surface area contributed by atoms with Gasteiger partial charge in [0.05, 0.1) is 4.88 Å². The summed E-state index contributed by atoms with van der Waals surface area (Å²) in [6.07, 6.45) is -0.185. The van der Waals surface area contributed by atoms with Gasteiger partial charge in [-0.1, -0.05) is 19.0 Å². The van der Waals surface area contributed by atoms with Gasteiger partial charge in [0.25, 0.3) is 5.89 Å². The molecule has 0 radical (unpaired) electrons. The lowest BCUT2D eigenvalue weighted by atomic mass is 10.0. The van der Waals surface area contributed by atoms with Crippen LogP contribution in [-0.4, -0.2) is 70.6 Å². The van der Waals surface area contributed by atoms with Crippen molar-refractivity contribution in [2.45, 2.75) is 46.8 Å². The van der Waals surface area contributed by atoms with Crippen LogP contribution in [0.25, 0.3) is 22.2 Å². The topological polar surface area (TPSA) is 121 Å². The number of hydrogen-bond donors (Lipinski definition) is 3. The van der Waals surface area contributed by atoms with Crippen LogP contribution in [0.2, 0.25) is 0 Å². The van der Waals surface area contributed by atoms with Crippen LogP contribution in [0.4, 0.5) is 0 Å². The molecule has 0 aliphatic carbocycles. The second kappa shape index (κ2) is 12.3. The number of benzene rings is 1. The third-order valence-corrected chi connectivity index (χ3v) is 6.91. The average molecular weight is 503 g/mol. The lowest BCUT2D eigenvalue weighted by Crippen LogP contribution is -2.36. The standard InChI is InChI=1S/C25H34N4O5S/c1-6-17-10-18(8-16(4)23(17)33-14-19(31)11-26-22(32)13-30)24-27-25(34-28-24)20-9-15(3)21(35-20)12-29(5)7-2/h8-10,19,30-31H,6-7,11-14H2,1-5H3,(H,26,32)/t19-/m0/s1. The van der Waals surface area contributed by atoms with E-state index in [9.17, 15) is 9.90 Å². The van der Waals surface area contributed by atoms with Gasteiger partial charge in [0.1, 0.15) is 25.1 Å². The zero-order chi connectivity index (χ0) is 25.5. The third kappa shape index (κ3) is 6.88. The molecule has 2 heterocycles. The summed E-state index contributed by atoms with van der Waals surface area (Å²) < 4.78 is 11.5. The number of carbonyl (C=O) groups is 1. The Morgan fingerprint density at radius 1 is 1.26 bits per heavy atom.